The number of phenolic OH excluding ortho intramolecular Hbond substituents is 1. The lowest BCUT2D eigenvalue weighted by atomic mass is 9.98. The number of aliphatic hydroxyl groups is 6. The highest BCUT2D eigenvalue weighted by atomic mass is 16.7. The second-order valence-corrected chi connectivity index (χ2v) is 10.2. The summed E-state index contributed by atoms with van der Waals surface area (Å²) in [7, 11) is 1.52. The van der Waals surface area contributed by atoms with E-state index in [2.05, 4.69) is 0 Å². The summed E-state index contributed by atoms with van der Waals surface area (Å²) >= 11 is 0. The molecule has 0 saturated carbocycles. The zero-order valence-corrected chi connectivity index (χ0v) is 22.5. The minimum absolute atomic E-state index is 0.0348. The van der Waals surface area contributed by atoms with Crippen molar-refractivity contribution in [2.24, 2.45) is 0 Å². The van der Waals surface area contributed by atoms with Crippen LogP contribution in [0.15, 0.2) is 51.7 Å². The van der Waals surface area contributed by atoms with Crippen molar-refractivity contribution < 1.29 is 63.8 Å². The maximum atomic E-state index is 12.8. The molecule has 14 nitrogen and oxygen atoms in total. The Bertz CT molecular complexity index is 1440. The van der Waals surface area contributed by atoms with Gasteiger partial charge in [0.05, 0.1) is 19.8 Å². The fourth-order valence-corrected chi connectivity index (χ4v) is 4.84. The number of ether oxygens (including phenoxy) is 5. The lowest BCUT2D eigenvalue weighted by Gasteiger charge is -2.42. The summed E-state index contributed by atoms with van der Waals surface area (Å²) < 4.78 is 33.2. The average molecular weight is 593 g/mol. The minimum Gasteiger partial charge on any atom is -0.507 e. The predicted molar refractivity (Wildman–Crippen MR) is 142 cm³/mol. The number of aromatic hydroxyl groups is 1. The predicted octanol–water partition coefficient (Wildman–Crippen LogP) is -0.795. The van der Waals surface area contributed by atoms with E-state index >= 15 is 0 Å². The number of rotatable bonds is 7. The molecule has 3 aromatic rings. The van der Waals surface area contributed by atoms with Crippen LogP contribution in [0, 0.1) is 0 Å². The molecule has 7 N–H and O–H groups in total. The Hall–Kier alpha value is -3.31. The van der Waals surface area contributed by atoms with Gasteiger partial charge in [-0.25, -0.2) is 0 Å². The van der Waals surface area contributed by atoms with E-state index in [0.29, 0.717) is 11.3 Å². The number of phenols is 1. The van der Waals surface area contributed by atoms with Crippen LogP contribution in [-0.2, 0) is 14.2 Å². The van der Waals surface area contributed by atoms with E-state index in [1.807, 2.05) is 0 Å². The molecule has 1 aromatic heterocycles. The van der Waals surface area contributed by atoms with Crippen molar-refractivity contribution in [2.45, 2.75) is 68.3 Å². The van der Waals surface area contributed by atoms with Crippen molar-refractivity contribution in [2.75, 3.05) is 13.7 Å². The minimum atomic E-state index is -1.76. The first-order valence-electron chi connectivity index (χ1n) is 13.1. The topological polar surface area (TPSA) is 218 Å². The van der Waals surface area contributed by atoms with Crippen molar-refractivity contribution in [3.63, 3.8) is 0 Å². The van der Waals surface area contributed by atoms with Crippen LogP contribution in [0.5, 0.6) is 17.2 Å². The molecule has 0 radical (unpaired) electrons. The van der Waals surface area contributed by atoms with Crippen molar-refractivity contribution >= 4 is 11.0 Å². The monoisotopic (exact) mass is 592 g/mol. The SMILES string of the molecule is COc1ccc(-c2cc(=O)c3c(O)cc(O[C@@H]4O[C@H](CO[C@@H]5O[C@@H](C)[C@@H](O)[C@H](O)[C@@H]5O)[C@H](O)[C@H](O)[C@@H]4O)cc3o2)cc1. The number of hydrogen-bond acceptors (Lipinski definition) is 14. The van der Waals surface area contributed by atoms with Gasteiger partial charge in [-0.05, 0) is 31.2 Å². The van der Waals surface area contributed by atoms with Crippen LogP contribution in [0.2, 0.25) is 0 Å². The van der Waals surface area contributed by atoms with Crippen LogP contribution < -0.4 is 14.9 Å². The molecule has 42 heavy (non-hydrogen) atoms. The Morgan fingerprint density at radius 1 is 0.786 bits per heavy atom. The number of aliphatic hydroxyl groups excluding tert-OH is 6. The van der Waals surface area contributed by atoms with Crippen LogP contribution in [0.25, 0.3) is 22.3 Å². The molecule has 228 valence electrons. The Morgan fingerprint density at radius 3 is 2.14 bits per heavy atom. The Labute approximate surface area is 238 Å². The van der Waals surface area contributed by atoms with Gasteiger partial charge in [0.2, 0.25) is 6.29 Å². The fraction of sp³-hybridized carbons (Fsp3) is 0.464. The zero-order chi connectivity index (χ0) is 30.3. The molecule has 3 heterocycles. The fourth-order valence-electron chi connectivity index (χ4n) is 4.84. The van der Waals surface area contributed by atoms with Crippen LogP contribution in [0.3, 0.4) is 0 Å². The third-order valence-electron chi connectivity index (χ3n) is 7.31. The first-order valence-corrected chi connectivity index (χ1v) is 13.1. The Balaban J connectivity index is 1.35. The van der Waals surface area contributed by atoms with Crippen molar-refractivity contribution in [1.29, 1.82) is 0 Å². The van der Waals surface area contributed by atoms with E-state index in [4.69, 9.17) is 28.1 Å². The van der Waals surface area contributed by atoms with Gasteiger partial charge in [0.1, 0.15) is 76.7 Å². The first kappa shape index (κ1) is 30.2. The van der Waals surface area contributed by atoms with E-state index in [1.165, 1.54) is 26.2 Å². The summed E-state index contributed by atoms with van der Waals surface area (Å²) in [5, 5.41) is 71.9. The van der Waals surface area contributed by atoms with Crippen molar-refractivity contribution in [3.8, 4) is 28.6 Å². The van der Waals surface area contributed by atoms with Gasteiger partial charge in [0.15, 0.2) is 11.7 Å². The van der Waals surface area contributed by atoms with Crippen LogP contribution in [0.4, 0.5) is 0 Å². The highest BCUT2D eigenvalue weighted by Gasteiger charge is 2.47. The lowest BCUT2D eigenvalue weighted by molar-refractivity contribution is -0.318. The van der Waals surface area contributed by atoms with Gasteiger partial charge in [-0.15, -0.1) is 0 Å². The van der Waals surface area contributed by atoms with Gasteiger partial charge in [0, 0.05) is 23.8 Å². The zero-order valence-electron chi connectivity index (χ0n) is 22.5. The Morgan fingerprint density at radius 2 is 1.45 bits per heavy atom. The molecule has 2 aromatic carbocycles. The molecule has 2 aliphatic rings. The highest BCUT2D eigenvalue weighted by molar-refractivity contribution is 5.86. The van der Waals surface area contributed by atoms with Gasteiger partial charge >= 0.3 is 0 Å². The van der Waals surface area contributed by atoms with Gasteiger partial charge < -0.3 is 63.8 Å². The molecular weight excluding hydrogens is 560 g/mol. The maximum Gasteiger partial charge on any atom is 0.229 e. The van der Waals surface area contributed by atoms with Crippen LogP contribution >= 0.6 is 0 Å². The lowest BCUT2D eigenvalue weighted by Crippen LogP contribution is -2.61. The molecule has 14 heteroatoms. The molecule has 0 unspecified atom stereocenters. The van der Waals surface area contributed by atoms with E-state index in [9.17, 15) is 40.5 Å². The highest BCUT2D eigenvalue weighted by Crippen LogP contribution is 2.34. The van der Waals surface area contributed by atoms with Crippen molar-refractivity contribution in [1.82, 2.24) is 0 Å². The second kappa shape index (κ2) is 12.1. The summed E-state index contributed by atoms with van der Waals surface area (Å²) in [5.74, 6) is 0.238. The molecule has 2 saturated heterocycles. The van der Waals surface area contributed by atoms with Gasteiger partial charge in [0.25, 0.3) is 0 Å². The molecule has 0 bridgehead atoms. The van der Waals surface area contributed by atoms with E-state index in [0.717, 1.165) is 6.07 Å². The Kier molecular flexibility index (Phi) is 8.71. The maximum absolute atomic E-state index is 12.8. The number of benzene rings is 2. The van der Waals surface area contributed by atoms with E-state index in [-0.39, 0.29) is 22.5 Å². The molecule has 5 rings (SSSR count). The third-order valence-corrected chi connectivity index (χ3v) is 7.31. The van der Waals surface area contributed by atoms with Gasteiger partial charge in [-0.2, -0.15) is 0 Å². The summed E-state index contributed by atoms with van der Waals surface area (Å²) in [6.45, 7) is 0.984. The summed E-state index contributed by atoms with van der Waals surface area (Å²) in [6.07, 6.45) is -14.8. The molecule has 10 atom stereocenters. The normalized spacial score (nSPS) is 33.4. The van der Waals surface area contributed by atoms with Crippen LogP contribution in [0.1, 0.15) is 6.92 Å². The molecule has 0 amide bonds. The number of hydrogen-bond donors (Lipinski definition) is 7. The van der Waals surface area contributed by atoms with Gasteiger partial charge in [-0.1, -0.05) is 0 Å². The molecule has 0 spiro atoms. The standard InChI is InChI=1S/C28H32O14/c1-11-21(31)23(33)25(35)27(39-11)38-10-19-22(32)24(34)26(36)28(42-19)40-14-7-15(29)20-16(30)9-17(41-18(20)8-14)12-3-5-13(37-2)6-4-12/h3-9,11,19,21-29,31-36H,10H2,1-2H3/t11-,19+,21+,22-,23-,24-,25-,26-,27+,28+/m0/s1. The summed E-state index contributed by atoms with van der Waals surface area (Å²) in [5.41, 5.74) is 0.0115. The quantitative estimate of drug-likeness (QED) is 0.179. The first-order chi connectivity index (χ1) is 20.0. The largest absolute Gasteiger partial charge is 0.507 e. The molecule has 2 aliphatic heterocycles. The van der Waals surface area contributed by atoms with E-state index < -0.39 is 79.2 Å². The van der Waals surface area contributed by atoms with Gasteiger partial charge in [-0.3, -0.25) is 4.79 Å². The molecular formula is C28H32O14. The van der Waals surface area contributed by atoms with E-state index in [1.54, 1.807) is 24.3 Å². The third kappa shape index (κ3) is 5.81. The van der Waals surface area contributed by atoms with Crippen LogP contribution in [-0.4, -0.2) is 111 Å². The second-order valence-electron chi connectivity index (χ2n) is 10.2. The average Bonchev–Trinajstić information content (AvgIpc) is 2.97. The van der Waals surface area contributed by atoms with Crippen molar-refractivity contribution in [3.05, 3.63) is 52.7 Å². The smallest absolute Gasteiger partial charge is 0.229 e. The molecule has 2 fully saturated rings. The number of methoxy groups -OCH3 is 1. The molecule has 0 aliphatic carbocycles. The summed E-state index contributed by atoms with van der Waals surface area (Å²) in [6, 6.07) is 10.4. The summed E-state index contributed by atoms with van der Waals surface area (Å²) in [4.78, 5) is 12.8. The number of fused-ring (bicyclic) bond motifs is 1.